The van der Waals surface area contributed by atoms with Crippen LogP contribution in [0.25, 0.3) is 0 Å². The number of fused-ring (bicyclic) bond motifs is 2. The van der Waals surface area contributed by atoms with Crippen LogP contribution in [0.15, 0.2) is 0 Å². The van der Waals surface area contributed by atoms with E-state index >= 15 is 0 Å². The van der Waals surface area contributed by atoms with Gasteiger partial charge >= 0.3 is 12.1 Å². The van der Waals surface area contributed by atoms with Gasteiger partial charge in [-0.25, -0.2) is 9.59 Å². The maximum absolute atomic E-state index is 13.8. The zero-order valence-electron chi connectivity index (χ0n) is 32.2. The number of alkyl carbamates (subject to hydrolysis) is 1. The molecule has 14 atom stereocenters. The van der Waals surface area contributed by atoms with Crippen molar-refractivity contribution in [2.24, 2.45) is 50.7 Å². The number of rotatable bonds is 7. The Hall–Kier alpha value is -1.42. The molecule has 4 unspecified atom stereocenters. The van der Waals surface area contributed by atoms with Crippen molar-refractivity contribution < 1.29 is 39.1 Å². The molecular formula is C40H67NO8. The van der Waals surface area contributed by atoms with Gasteiger partial charge in [-0.3, -0.25) is 0 Å². The average molecular weight is 690 g/mol. The first-order chi connectivity index (χ1) is 22.5. The molecule has 5 saturated carbocycles. The number of hydrogen-bond acceptors (Lipinski definition) is 8. The highest BCUT2D eigenvalue weighted by Gasteiger charge is 2.84. The summed E-state index contributed by atoms with van der Waals surface area (Å²) in [7, 11) is 0. The number of carbonyl (C=O) groups is 2. The maximum Gasteiger partial charge on any atom is 0.408 e. The maximum atomic E-state index is 13.8. The SMILES string of the molecule is CCC(C)[C@H](NC(=O)OC(C)(C)C)C(=O)O[C@H]1CC[C@]23CC24CC[C@]2(C)[C@@H](C5CC[C@@H](C(C)(C)O)O5)[C@@H](O)C[C@@]2(C)C4C[C@H](O)[C@H]3C1(C)C. The lowest BCUT2D eigenvalue weighted by Crippen LogP contribution is -2.62. The molecular weight excluding hydrogens is 622 g/mol. The van der Waals surface area contributed by atoms with Gasteiger partial charge in [-0.2, -0.15) is 0 Å². The zero-order valence-corrected chi connectivity index (χ0v) is 32.2. The summed E-state index contributed by atoms with van der Waals surface area (Å²) in [5.41, 5.74) is -2.25. The summed E-state index contributed by atoms with van der Waals surface area (Å²) in [5.74, 6) is -0.283. The molecule has 0 aromatic carbocycles. The molecule has 9 heteroatoms. The first-order valence-electron chi connectivity index (χ1n) is 19.4. The second-order valence-corrected chi connectivity index (χ2v) is 20.1. The standard InChI is InChI=1S/C40H67NO8/c1-12-22(2)30(41-33(45)49-34(3,4)5)32(44)48-27-15-16-40-21-39(40)18-17-37(10)29(25-13-14-28(47-25)36(8,9)46)24(43)20-38(37,11)26(39)19-23(42)31(40)35(27,6)7/h22-31,42-43,46H,12-21H2,1-11H3,(H,41,45)/t22?,23-,24-,25?,26?,27-,28-,29+,30-,31-,37+,38-,39?,40+/m0/s1. The van der Waals surface area contributed by atoms with Crippen LogP contribution in [0.4, 0.5) is 4.79 Å². The Kier molecular flexibility index (Phi) is 8.99. The molecule has 0 bridgehead atoms. The van der Waals surface area contributed by atoms with E-state index in [1.807, 2.05) is 27.7 Å². The Morgan fingerprint density at radius 1 is 0.939 bits per heavy atom. The second kappa shape index (κ2) is 11.8. The van der Waals surface area contributed by atoms with Crippen molar-refractivity contribution in [1.29, 1.82) is 0 Å². The van der Waals surface area contributed by atoms with E-state index < -0.39 is 46.9 Å². The Bertz CT molecular complexity index is 1300. The Morgan fingerprint density at radius 2 is 1.61 bits per heavy atom. The van der Waals surface area contributed by atoms with Crippen LogP contribution in [0.3, 0.4) is 0 Å². The molecule has 5 aliphatic carbocycles. The largest absolute Gasteiger partial charge is 0.460 e. The number of aliphatic hydroxyl groups excluding tert-OH is 2. The van der Waals surface area contributed by atoms with Gasteiger partial charge in [0.15, 0.2) is 0 Å². The van der Waals surface area contributed by atoms with Gasteiger partial charge in [0.2, 0.25) is 0 Å². The van der Waals surface area contributed by atoms with Gasteiger partial charge < -0.3 is 34.8 Å². The normalized spacial score (nSPS) is 46.7. The molecule has 2 spiro atoms. The molecule has 6 fully saturated rings. The van der Waals surface area contributed by atoms with Crippen LogP contribution >= 0.6 is 0 Å². The molecule has 1 aliphatic heterocycles. The van der Waals surface area contributed by atoms with Crippen LogP contribution in [0.5, 0.6) is 0 Å². The molecule has 1 amide bonds. The van der Waals surface area contributed by atoms with Gasteiger partial charge in [-0.05, 0) is 132 Å². The van der Waals surface area contributed by atoms with Crippen molar-refractivity contribution in [1.82, 2.24) is 5.32 Å². The number of hydrogen-bond donors (Lipinski definition) is 4. The molecule has 49 heavy (non-hydrogen) atoms. The number of esters is 1. The highest BCUT2D eigenvalue weighted by molar-refractivity contribution is 5.82. The molecule has 0 aromatic rings. The number of amides is 1. The van der Waals surface area contributed by atoms with Gasteiger partial charge in [0.05, 0.1) is 30.0 Å². The molecule has 1 heterocycles. The summed E-state index contributed by atoms with van der Waals surface area (Å²) in [6.45, 7) is 22.1. The van der Waals surface area contributed by atoms with Crippen LogP contribution in [0.2, 0.25) is 0 Å². The fraction of sp³-hybridized carbons (Fsp3) is 0.950. The topological polar surface area (TPSA) is 135 Å². The molecule has 9 nitrogen and oxygen atoms in total. The first-order valence-corrected chi connectivity index (χ1v) is 19.4. The molecule has 6 rings (SSSR count). The number of carbonyl (C=O) groups excluding carboxylic acids is 2. The zero-order chi connectivity index (χ0) is 36.3. The summed E-state index contributed by atoms with van der Waals surface area (Å²) < 4.78 is 18.4. The van der Waals surface area contributed by atoms with Gasteiger partial charge in [-0.15, -0.1) is 0 Å². The minimum Gasteiger partial charge on any atom is -0.460 e. The Balaban J connectivity index is 1.21. The van der Waals surface area contributed by atoms with E-state index in [0.717, 1.165) is 44.9 Å². The van der Waals surface area contributed by atoms with Gasteiger partial charge in [0, 0.05) is 11.3 Å². The summed E-state index contributed by atoms with van der Waals surface area (Å²) in [5, 5.41) is 37.5. The van der Waals surface area contributed by atoms with Crippen molar-refractivity contribution in [3.8, 4) is 0 Å². The third kappa shape index (κ3) is 5.60. The molecule has 6 aliphatic rings. The van der Waals surface area contributed by atoms with E-state index in [-0.39, 0.29) is 57.7 Å². The van der Waals surface area contributed by atoms with Crippen molar-refractivity contribution >= 4 is 12.1 Å². The highest BCUT2D eigenvalue weighted by atomic mass is 16.6. The highest BCUT2D eigenvalue weighted by Crippen LogP contribution is 2.89. The molecule has 4 N–H and O–H groups in total. The molecule has 280 valence electrons. The minimum absolute atomic E-state index is 0.00565. The predicted molar refractivity (Wildman–Crippen MR) is 186 cm³/mol. The third-order valence-electron chi connectivity index (χ3n) is 15.7. The Morgan fingerprint density at radius 3 is 2.20 bits per heavy atom. The van der Waals surface area contributed by atoms with Crippen LogP contribution in [-0.2, 0) is 19.0 Å². The fourth-order valence-electron chi connectivity index (χ4n) is 13.1. The van der Waals surface area contributed by atoms with Crippen LogP contribution in [0, 0.1) is 50.7 Å². The lowest BCUT2D eigenvalue weighted by molar-refractivity contribution is -0.212. The molecule has 1 saturated heterocycles. The van der Waals surface area contributed by atoms with Gasteiger partial charge in [0.1, 0.15) is 17.7 Å². The van der Waals surface area contributed by atoms with E-state index in [4.69, 9.17) is 14.2 Å². The summed E-state index contributed by atoms with van der Waals surface area (Å²) >= 11 is 0. The lowest BCUT2D eigenvalue weighted by atomic mass is 9.41. The van der Waals surface area contributed by atoms with E-state index in [1.165, 1.54) is 0 Å². The Labute approximate surface area is 295 Å². The predicted octanol–water partition coefficient (Wildman–Crippen LogP) is 6.54. The van der Waals surface area contributed by atoms with Crippen LogP contribution in [-0.4, -0.2) is 75.1 Å². The van der Waals surface area contributed by atoms with E-state index in [1.54, 1.807) is 20.8 Å². The molecule has 0 radical (unpaired) electrons. The fourth-order valence-corrected chi connectivity index (χ4v) is 13.1. The monoisotopic (exact) mass is 689 g/mol. The number of ether oxygens (including phenoxy) is 3. The summed E-state index contributed by atoms with van der Waals surface area (Å²) in [6, 6.07) is -0.820. The van der Waals surface area contributed by atoms with Crippen molar-refractivity contribution in [2.75, 3.05) is 0 Å². The molecule has 0 aromatic heterocycles. The van der Waals surface area contributed by atoms with Crippen LogP contribution in [0.1, 0.15) is 140 Å². The number of aliphatic hydroxyl groups is 3. The van der Waals surface area contributed by atoms with E-state index in [2.05, 4.69) is 33.0 Å². The lowest BCUT2D eigenvalue weighted by Gasteiger charge is -2.64. The first kappa shape index (κ1) is 37.3. The van der Waals surface area contributed by atoms with Crippen molar-refractivity contribution in [2.45, 2.75) is 188 Å². The van der Waals surface area contributed by atoms with Crippen molar-refractivity contribution in [3.63, 3.8) is 0 Å². The van der Waals surface area contributed by atoms with Crippen LogP contribution < -0.4 is 5.32 Å². The summed E-state index contributed by atoms with van der Waals surface area (Å²) in [6.07, 6.45) is 6.24. The second-order valence-electron chi connectivity index (χ2n) is 20.1. The quantitative estimate of drug-likeness (QED) is 0.222. The number of nitrogens with one attached hydrogen (secondary N) is 1. The van der Waals surface area contributed by atoms with Gasteiger partial charge in [-0.1, -0.05) is 48.0 Å². The smallest absolute Gasteiger partial charge is 0.408 e. The average Bonchev–Trinajstić information content (AvgIpc) is 3.22. The van der Waals surface area contributed by atoms with E-state index in [9.17, 15) is 24.9 Å². The summed E-state index contributed by atoms with van der Waals surface area (Å²) in [4.78, 5) is 26.5. The van der Waals surface area contributed by atoms with E-state index in [0.29, 0.717) is 25.2 Å². The third-order valence-corrected chi connectivity index (χ3v) is 15.7. The van der Waals surface area contributed by atoms with Gasteiger partial charge in [0.25, 0.3) is 0 Å². The minimum atomic E-state index is -0.911. The van der Waals surface area contributed by atoms with Crippen molar-refractivity contribution in [3.05, 3.63) is 0 Å².